The van der Waals surface area contributed by atoms with Crippen LogP contribution in [0.5, 0.6) is 5.75 Å². The molecule has 31 heavy (non-hydrogen) atoms. The average Bonchev–Trinajstić information content (AvgIpc) is 2.72. The number of carbonyl (C=O) groups excluding carboxylic acids is 1. The molecule has 0 saturated carbocycles. The molecule has 2 N–H and O–H groups in total. The van der Waals surface area contributed by atoms with Gasteiger partial charge < -0.3 is 10.1 Å². The summed E-state index contributed by atoms with van der Waals surface area (Å²) in [4.78, 5) is 12.4. The fraction of sp³-hybridized carbons (Fsp3) is 0.0455. The highest BCUT2D eigenvalue weighted by molar-refractivity contribution is 7.92. The van der Waals surface area contributed by atoms with Crippen molar-refractivity contribution in [3.63, 3.8) is 0 Å². The lowest BCUT2D eigenvalue weighted by Crippen LogP contribution is -2.14. The van der Waals surface area contributed by atoms with Gasteiger partial charge in [0.2, 0.25) is 0 Å². The van der Waals surface area contributed by atoms with Gasteiger partial charge in [-0.05, 0) is 66.7 Å². The van der Waals surface area contributed by atoms with E-state index in [-0.39, 0.29) is 16.5 Å². The van der Waals surface area contributed by atoms with Crippen LogP contribution in [0.1, 0.15) is 10.4 Å². The highest BCUT2D eigenvalue weighted by Gasteiger charge is 2.15. The smallest absolute Gasteiger partial charge is 0.261 e. The maximum atomic E-state index is 12.6. The Balaban J connectivity index is 1.67. The topological polar surface area (TPSA) is 84.5 Å². The molecule has 3 aromatic rings. The zero-order valence-electron chi connectivity index (χ0n) is 16.1. The number of sulfonamides is 1. The van der Waals surface area contributed by atoms with Crippen LogP contribution in [-0.4, -0.2) is 20.9 Å². The largest absolute Gasteiger partial charge is 0.490 e. The zero-order valence-corrected chi connectivity index (χ0v) is 18.5. The van der Waals surface area contributed by atoms with E-state index in [1.165, 1.54) is 42.5 Å². The number of rotatable bonds is 8. The Morgan fingerprint density at radius 2 is 1.55 bits per heavy atom. The van der Waals surface area contributed by atoms with Crippen molar-refractivity contribution < 1.29 is 17.9 Å². The number of ether oxygens (including phenoxy) is 1. The molecule has 0 unspecified atom stereocenters. The first-order chi connectivity index (χ1) is 14.8. The Morgan fingerprint density at radius 3 is 2.13 bits per heavy atom. The van der Waals surface area contributed by atoms with Gasteiger partial charge in [-0.15, -0.1) is 0 Å². The van der Waals surface area contributed by atoms with E-state index >= 15 is 0 Å². The predicted molar refractivity (Wildman–Crippen MR) is 124 cm³/mol. The second-order valence-electron chi connectivity index (χ2n) is 6.37. The zero-order chi connectivity index (χ0) is 22.4. The van der Waals surface area contributed by atoms with Gasteiger partial charge in [-0.3, -0.25) is 9.52 Å². The molecule has 3 rings (SSSR count). The Morgan fingerprint density at radius 1 is 0.935 bits per heavy atom. The summed E-state index contributed by atoms with van der Waals surface area (Å²) in [5, 5.41) is 3.34. The van der Waals surface area contributed by atoms with Gasteiger partial charge in [-0.1, -0.05) is 35.9 Å². The summed E-state index contributed by atoms with van der Waals surface area (Å²) in [6.45, 7) is 3.95. The molecule has 6 nitrogen and oxygen atoms in total. The first-order valence-electron chi connectivity index (χ1n) is 9.01. The van der Waals surface area contributed by atoms with Crippen molar-refractivity contribution >= 4 is 50.5 Å². The van der Waals surface area contributed by atoms with Gasteiger partial charge in [0.1, 0.15) is 12.4 Å². The third-order valence-electron chi connectivity index (χ3n) is 4.02. The van der Waals surface area contributed by atoms with Crippen LogP contribution in [0.2, 0.25) is 10.0 Å². The predicted octanol–water partition coefficient (Wildman–Crippen LogP) is 5.61. The lowest BCUT2D eigenvalue weighted by molar-refractivity contribution is 0.102. The van der Waals surface area contributed by atoms with Gasteiger partial charge in [0.25, 0.3) is 15.9 Å². The number of amides is 1. The van der Waals surface area contributed by atoms with Crippen molar-refractivity contribution in [3.8, 4) is 5.75 Å². The van der Waals surface area contributed by atoms with Gasteiger partial charge >= 0.3 is 0 Å². The number of carbonyl (C=O) groups is 1. The molecule has 9 heteroatoms. The SMILES string of the molecule is C=CCOc1ccc(C(=O)Nc2ccc(S(=O)(=O)Nc3cc(Cl)cc(Cl)c3)cc2)cc1. The van der Waals surface area contributed by atoms with Crippen molar-refractivity contribution in [3.05, 3.63) is 95.0 Å². The third kappa shape index (κ3) is 6.24. The van der Waals surface area contributed by atoms with Gasteiger partial charge in [-0.2, -0.15) is 0 Å². The van der Waals surface area contributed by atoms with Crippen molar-refractivity contribution in [1.29, 1.82) is 0 Å². The van der Waals surface area contributed by atoms with Crippen LogP contribution in [0.4, 0.5) is 11.4 Å². The van der Waals surface area contributed by atoms with Gasteiger partial charge in [-0.25, -0.2) is 8.42 Å². The number of hydrogen-bond donors (Lipinski definition) is 2. The molecule has 3 aromatic carbocycles. The molecule has 0 saturated heterocycles. The molecule has 0 atom stereocenters. The lowest BCUT2D eigenvalue weighted by atomic mass is 10.2. The lowest BCUT2D eigenvalue weighted by Gasteiger charge is -2.10. The number of nitrogens with one attached hydrogen (secondary N) is 2. The summed E-state index contributed by atoms with van der Waals surface area (Å²) in [6, 6.07) is 16.8. The summed E-state index contributed by atoms with van der Waals surface area (Å²) in [6.07, 6.45) is 1.63. The molecule has 0 aliphatic heterocycles. The Hall–Kier alpha value is -3.00. The van der Waals surface area contributed by atoms with Crippen molar-refractivity contribution in [2.45, 2.75) is 4.90 Å². The van der Waals surface area contributed by atoms with Crippen molar-refractivity contribution in [2.24, 2.45) is 0 Å². The van der Waals surface area contributed by atoms with E-state index in [0.29, 0.717) is 33.7 Å². The first-order valence-corrected chi connectivity index (χ1v) is 11.2. The molecule has 0 fully saturated rings. The molecule has 0 radical (unpaired) electrons. The number of anilines is 2. The van der Waals surface area contributed by atoms with Gasteiger partial charge in [0.05, 0.1) is 10.6 Å². The van der Waals surface area contributed by atoms with Crippen LogP contribution >= 0.6 is 23.2 Å². The molecule has 160 valence electrons. The number of hydrogen-bond acceptors (Lipinski definition) is 4. The number of halogens is 2. The van der Waals surface area contributed by atoms with Crippen molar-refractivity contribution in [2.75, 3.05) is 16.6 Å². The molecule has 0 aliphatic carbocycles. The monoisotopic (exact) mass is 476 g/mol. The minimum Gasteiger partial charge on any atom is -0.490 e. The summed E-state index contributed by atoms with van der Waals surface area (Å²) >= 11 is 11.8. The van der Waals surface area contributed by atoms with E-state index in [1.54, 1.807) is 30.3 Å². The molecule has 0 bridgehead atoms. The van der Waals surface area contributed by atoms with E-state index in [0.717, 1.165) is 0 Å². The highest BCUT2D eigenvalue weighted by atomic mass is 35.5. The fourth-order valence-corrected chi connectivity index (χ4v) is 4.17. The van der Waals surface area contributed by atoms with Crippen LogP contribution in [-0.2, 0) is 10.0 Å². The second-order valence-corrected chi connectivity index (χ2v) is 8.92. The van der Waals surface area contributed by atoms with Crippen molar-refractivity contribution in [1.82, 2.24) is 0 Å². The van der Waals surface area contributed by atoms with Crippen LogP contribution in [0, 0.1) is 0 Å². The normalized spacial score (nSPS) is 10.9. The average molecular weight is 477 g/mol. The third-order valence-corrected chi connectivity index (χ3v) is 5.86. The molecule has 0 aliphatic rings. The Labute approximate surface area is 190 Å². The summed E-state index contributed by atoms with van der Waals surface area (Å²) in [7, 11) is -3.86. The van der Waals surface area contributed by atoms with E-state index in [9.17, 15) is 13.2 Å². The summed E-state index contributed by atoms with van der Waals surface area (Å²) in [5.74, 6) is 0.289. The maximum Gasteiger partial charge on any atom is 0.261 e. The van der Waals surface area contributed by atoms with Gasteiger partial charge in [0.15, 0.2) is 0 Å². The standard InChI is InChI=1S/C22H18Cl2N2O4S/c1-2-11-30-20-7-3-15(4-8-20)22(27)25-18-5-9-21(10-6-18)31(28,29)26-19-13-16(23)12-17(24)14-19/h2-10,12-14,26H,1,11H2,(H,25,27). The quantitative estimate of drug-likeness (QED) is 0.413. The molecule has 0 spiro atoms. The molecule has 0 aromatic heterocycles. The van der Waals surface area contributed by atoms with Crippen LogP contribution < -0.4 is 14.8 Å². The fourth-order valence-electron chi connectivity index (χ4n) is 2.61. The van der Waals surface area contributed by atoms with Crippen LogP contribution in [0.3, 0.4) is 0 Å². The minimum absolute atomic E-state index is 0.0188. The highest BCUT2D eigenvalue weighted by Crippen LogP contribution is 2.25. The van der Waals surface area contributed by atoms with E-state index in [1.807, 2.05) is 0 Å². The number of benzene rings is 3. The minimum atomic E-state index is -3.86. The van der Waals surface area contributed by atoms with Crippen LogP contribution in [0.25, 0.3) is 0 Å². The van der Waals surface area contributed by atoms with Gasteiger partial charge in [0, 0.05) is 21.3 Å². The summed E-state index contributed by atoms with van der Waals surface area (Å²) < 4.78 is 33.0. The molecule has 0 heterocycles. The Bertz CT molecular complexity index is 1170. The van der Waals surface area contributed by atoms with E-state index < -0.39 is 10.0 Å². The summed E-state index contributed by atoms with van der Waals surface area (Å²) in [5.41, 5.74) is 1.12. The Kier molecular flexibility index (Phi) is 7.22. The van der Waals surface area contributed by atoms with Crippen LogP contribution in [0.15, 0.2) is 84.3 Å². The van der Waals surface area contributed by atoms with E-state index in [4.69, 9.17) is 27.9 Å². The molecule has 1 amide bonds. The molecular formula is C22H18Cl2N2O4S. The molecular weight excluding hydrogens is 459 g/mol. The van der Waals surface area contributed by atoms with E-state index in [2.05, 4.69) is 16.6 Å². The maximum absolute atomic E-state index is 12.6. The first kappa shape index (κ1) is 22.7. The second kappa shape index (κ2) is 9.87.